The molecule has 2 nitrogen and oxygen atoms in total. The van der Waals surface area contributed by atoms with Gasteiger partial charge in [0.2, 0.25) is 0 Å². The number of thiazole rings is 1. The third-order valence-electron chi connectivity index (χ3n) is 3.96. The number of rotatable bonds is 1. The Morgan fingerprint density at radius 3 is 2.47 bits per heavy atom. The highest BCUT2D eigenvalue weighted by molar-refractivity contribution is 7.11. The van der Waals surface area contributed by atoms with E-state index >= 15 is 0 Å². The Balaban J connectivity index is 2.22. The maximum absolute atomic E-state index is 12.6. The normalized spacial score (nSPS) is 28.1. The Bertz CT molecular complexity index is 453. The molecule has 2 N–H and O–H groups in total. The lowest BCUT2D eigenvalue weighted by molar-refractivity contribution is -0.137. The van der Waals surface area contributed by atoms with Gasteiger partial charge in [-0.05, 0) is 31.1 Å². The van der Waals surface area contributed by atoms with Gasteiger partial charge in [0.25, 0.3) is 0 Å². The van der Waals surface area contributed by atoms with Crippen LogP contribution in [0.5, 0.6) is 0 Å². The molecule has 1 aliphatic rings. The van der Waals surface area contributed by atoms with Gasteiger partial charge in [-0.1, -0.05) is 20.3 Å². The van der Waals surface area contributed by atoms with Gasteiger partial charge in [0.15, 0.2) is 5.01 Å². The standard InChI is InChI=1S/C13H19F3N2S/c1-11(2)4-3-5-12(17,7-6-11)9-8-18-10(19-9)13(14,15)16/h8H,3-7,17H2,1-2H3. The number of nitrogens with zero attached hydrogens (tertiary/aromatic N) is 1. The maximum atomic E-state index is 12.6. The van der Waals surface area contributed by atoms with E-state index in [1.54, 1.807) is 0 Å². The van der Waals surface area contributed by atoms with Crippen LogP contribution in [-0.4, -0.2) is 4.98 Å². The van der Waals surface area contributed by atoms with Crippen LogP contribution in [-0.2, 0) is 11.7 Å². The van der Waals surface area contributed by atoms with Crippen LogP contribution in [0.4, 0.5) is 13.2 Å². The Morgan fingerprint density at radius 1 is 1.21 bits per heavy atom. The predicted molar refractivity (Wildman–Crippen MR) is 69.8 cm³/mol. The number of aromatic nitrogens is 1. The highest BCUT2D eigenvalue weighted by atomic mass is 32.1. The van der Waals surface area contributed by atoms with Gasteiger partial charge >= 0.3 is 6.18 Å². The van der Waals surface area contributed by atoms with Crippen LogP contribution in [0.1, 0.15) is 55.8 Å². The van der Waals surface area contributed by atoms with E-state index < -0.39 is 16.7 Å². The van der Waals surface area contributed by atoms with E-state index in [0.717, 1.165) is 32.1 Å². The summed E-state index contributed by atoms with van der Waals surface area (Å²) < 4.78 is 37.8. The first kappa shape index (κ1) is 14.8. The molecule has 1 atom stereocenters. The van der Waals surface area contributed by atoms with E-state index in [4.69, 9.17) is 5.73 Å². The maximum Gasteiger partial charge on any atom is 0.443 e. The van der Waals surface area contributed by atoms with Gasteiger partial charge in [0.1, 0.15) is 0 Å². The quantitative estimate of drug-likeness (QED) is 0.783. The minimum absolute atomic E-state index is 0.221. The minimum atomic E-state index is -4.37. The molecule has 6 heteroatoms. The second-order valence-electron chi connectivity index (χ2n) is 6.20. The molecular formula is C13H19F3N2S. The monoisotopic (exact) mass is 292 g/mol. The molecule has 0 aliphatic heterocycles. The molecule has 19 heavy (non-hydrogen) atoms. The van der Waals surface area contributed by atoms with Crippen molar-refractivity contribution in [1.29, 1.82) is 0 Å². The van der Waals surface area contributed by atoms with Gasteiger partial charge in [-0.25, -0.2) is 4.98 Å². The molecule has 1 aliphatic carbocycles. The Morgan fingerprint density at radius 2 is 1.89 bits per heavy atom. The van der Waals surface area contributed by atoms with Crippen LogP contribution < -0.4 is 5.73 Å². The van der Waals surface area contributed by atoms with Crippen molar-refractivity contribution in [2.24, 2.45) is 11.1 Å². The van der Waals surface area contributed by atoms with Gasteiger partial charge in [-0.15, -0.1) is 11.3 Å². The third kappa shape index (κ3) is 3.28. The lowest BCUT2D eigenvalue weighted by atomic mass is 9.83. The zero-order valence-electron chi connectivity index (χ0n) is 11.2. The molecule has 2 rings (SSSR count). The molecule has 0 radical (unpaired) electrons. The summed E-state index contributed by atoms with van der Waals surface area (Å²) in [7, 11) is 0. The van der Waals surface area contributed by atoms with Crippen molar-refractivity contribution in [3.8, 4) is 0 Å². The largest absolute Gasteiger partial charge is 0.443 e. The highest BCUT2D eigenvalue weighted by Crippen LogP contribution is 2.44. The summed E-state index contributed by atoms with van der Waals surface area (Å²) in [5, 5.41) is -0.796. The molecule has 0 spiro atoms. The van der Waals surface area contributed by atoms with Crippen molar-refractivity contribution in [3.05, 3.63) is 16.1 Å². The Hall–Kier alpha value is -0.620. The fraction of sp³-hybridized carbons (Fsp3) is 0.769. The first-order chi connectivity index (χ1) is 8.62. The van der Waals surface area contributed by atoms with Gasteiger partial charge in [-0.2, -0.15) is 13.2 Å². The Labute approximate surface area is 115 Å². The molecule has 1 saturated carbocycles. The van der Waals surface area contributed by atoms with Crippen molar-refractivity contribution in [3.63, 3.8) is 0 Å². The van der Waals surface area contributed by atoms with E-state index in [9.17, 15) is 13.2 Å². The average molecular weight is 292 g/mol. The van der Waals surface area contributed by atoms with E-state index in [1.165, 1.54) is 6.20 Å². The summed E-state index contributed by atoms with van der Waals surface area (Å²) in [6, 6.07) is 0. The first-order valence-corrected chi connectivity index (χ1v) is 7.27. The second-order valence-corrected chi connectivity index (χ2v) is 7.23. The van der Waals surface area contributed by atoms with Gasteiger partial charge in [0.05, 0.1) is 5.54 Å². The number of nitrogens with two attached hydrogens (primary N) is 1. The first-order valence-electron chi connectivity index (χ1n) is 6.45. The van der Waals surface area contributed by atoms with Crippen molar-refractivity contribution in [2.75, 3.05) is 0 Å². The molecule has 1 unspecified atom stereocenters. The molecule has 1 aromatic heterocycles. The van der Waals surface area contributed by atoms with E-state index in [2.05, 4.69) is 18.8 Å². The van der Waals surface area contributed by atoms with Crippen molar-refractivity contribution < 1.29 is 13.2 Å². The fourth-order valence-corrected chi connectivity index (χ4v) is 3.52. The van der Waals surface area contributed by atoms with Crippen LogP contribution in [0.3, 0.4) is 0 Å². The summed E-state index contributed by atoms with van der Waals surface area (Å²) >= 11 is 0.693. The summed E-state index contributed by atoms with van der Waals surface area (Å²) in [6.45, 7) is 4.37. The smallest absolute Gasteiger partial charge is 0.321 e. The Kier molecular flexibility index (Phi) is 3.68. The zero-order valence-corrected chi connectivity index (χ0v) is 12.0. The number of hydrogen-bond donors (Lipinski definition) is 1. The van der Waals surface area contributed by atoms with Crippen LogP contribution in [0.15, 0.2) is 6.20 Å². The van der Waals surface area contributed by atoms with Crippen LogP contribution in [0.2, 0.25) is 0 Å². The zero-order chi connectivity index (χ0) is 14.3. The number of alkyl halides is 3. The predicted octanol–water partition coefficient (Wildman–Crippen LogP) is 4.31. The van der Waals surface area contributed by atoms with E-state index in [-0.39, 0.29) is 5.41 Å². The number of hydrogen-bond acceptors (Lipinski definition) is 3. The lowest BCUT2D eigenvalue weighted by Gasteiger charge is -2.27. The molecule has 0 bridgehead atoms. The fourth-order valence-electron chi connectivity index (χ4n) is 2.58. The van der Waals surface area contributed by atoms with Crippen LogP contribution in [0.25, 0.3) is 0 Å². The second kappa shape index (κ2) is 4.74. The van der Waals surface area contributed by atoms with Gasteiger partial charge in [-0.3, -0.25) is 0 Å². The van der Waals surface area contributed by atoms with Crippen LogP contribution >= 0.6 is 11.3 Å². The summed E-state index contributed by atoms with van der Waals surface area (Å²) in [4.78, 5) is 4.06. The molecule has 0 saturated heterocycles. The number of halogens is 3. The van der Waals surface area contributed by atoms with Crippen molar-refractivity contribution >= 4 is 11.3 Å². The summed E-state index contributed by atoms with van der Waals surface area (Å²) in [5.41, 5.74) is 5.94. The average Bonchev–Trinajstić information content (AvgIpc) is 2.71. The third-order valence-corrected chi connectivity index (χ3v) is 5.23. The topological polar surface area (TPSA) is 38.9 Å². The van der Waals surface area contributed by atoms with Crippen LogP contribution in [0, 0.1) is 5.41 Å². The van der Waals surface area contributed by atoms with Gasteiger partial charge < -0.3 is 5.73 Å². The molecule has 108 valence electrons. The molecule has 1 heterocycles. The van der Waals surface area contributed by atoms with Crippen molar-refractivity contribution in [2.45, 2.75) is 57.7 Å². The molecular weight excluding hydrogens is 273 g/mol. The molecule has 1 aromatic rings. The van der Waals surface area contributed by atoms with Crippen molar-refractivity contribution in [1.82, 2.24) is 4.98 Å². The highest BCUT2D eigenvalue weighted by Gasteiger charge is 2.39. The minimum Gasteiger partial charge on any atom is -0.321 e. The SMILES string of the molecule is CC1(C)CCCC(N)(c2cnc(C(F)(F)F)s2)CC1. The summed E-state index contributed by atoms with van der Waals surface area (Å²) in [6.07, 6.45) is 1.34. The molecule has 0 aromatic carbocycles. The molecule has 0 amide bonds. The lowest BCUT2D eigenvalue weighted by Crippen LogP contribution is -2.35. The van der Waals surface area contributed by atoms with E-state index in [1.807, 2.05) is 0 Å². The van der Waals surface area contributed by atoms with Gasteiger partial charge in [0, 0.05) is 11.1 Å². The summed E-state index contributed by atoms with van der Waals surface area (Å²) in [5.74, 6) is 0. The van der Waals surface area contributed by atoms with E-state index in [0.29, 0.717) is 16.2 Å². The molecule has 1 fully saturated rings.